The molecule has 7 nitrogen and oxygen atoms in total. The molecule has 0 aliphatic carbocycles. The van der Waals surface area contributed by atoms with E-state index in [1.807, 2.05) is 0 Å². The molecule has 1 aliphatic rings. The zero-order chi connectivity index (χ0) is 12.6. The van der Waals surface area contributed by atoms with Crippen molar-refractivity contribution in [2.45, 2.75) is 19.3 Å². The SMILES string of the molecule is Cc1cn([C@@H]2OC[C@@H](CO)[C@H]2O)c(=O)[nH]c1=O. The molecular formula is C10H14N2O5. The first-order valence-electron chi connectivity index (χ1n) is 5.27. The smallest absolute Gasteiger partial charge is 0.330 e. The van der Waals surface area contributed by atoms with Gasteiger partial charge in [0.2, 0.25) is 0 Å². The van der Waals surface area contributed by atoms with Crippen LogP contribution in [0.3, 0.4) is 0 Å². The molecule has 94 valence electrons. The molecule has 1 saturated heterocycles. The number of aromatic nitrogens is 2. The Morgan fingerprint density at radius 2 is 2.29 bits per heavy atom. The van der Waals surface area contributed by atoms with Gasteiger partial charge in [-0.15, -0.1) is 0 Å². The van der Waals surface area contributed by atoms with Crippen LogP contribution in [0.5, 0.6) is 0 Å². The van der Waals surface area contributed by atoms with Gasteiger partial charge in [0.25, 0.3) is 5.56 Å². The summed E-state index contributed by atoms with van der Waals surface area (Å²) in [6, 6.07) is 0. The lowest BCUT2D eigenvalue weighted by Crippen LogP contribution is -2.37. The van der Waals surface area contributed by atoms with E-state index in [0.29, 0.717) is 5.56 Å². The van der Waals surface area contributed by atoms with Gasteiger partial charge in [0, 0.05) is 17.7 Å². The van der Waals surface area contributed by atoms with Crippen LogP contribution < -0.4 is 11.2 Å². The highest BCUT2D eigenvalue weighted by Crippen LogP contribution is 2.26. The third-order valence-corrected chi connectivity index (χ3v) is 2.91. The first-order chi connectivity index (χ1) is 8.04. The van der Waals surface area contributed by atoms with Gasteiger partial charge in [-0.25, -0.2) is 4.79 Å². The third-order valence-electron chi connectivity index (χ3n) is 2.91. The average Bonchev–Trinajstić information content (AvgIpc) is 2.65. The summed E-state index contributed by atoms with van der Waals surface area (Å²) in [4.78, 5) is 24.9. The number of aryl methyl sites for hydroxylation is 1. The van der Waals surface area contributed by atoms with Crippen LogP contribution in [0, 0.1) is 12.8 Å². The first-order valence-corrected chi connectivity index (χ1v) is 5.27. The van der Waals surface area contributed by atoms with E-state index in [2.05, 4.69) is 4.98 Å². The van der Waals surface area contributed by atoms with Gasteiger partial charge in [-0.05, 0) is 6.92 Å². The number of hydrogen-bond donors (Lipinski definition) is 3. The zero-order valence-corrected chi connectivity index (χ0v) is 9.29. The summed E-state index contributed by atoms with van der Waals surface area (Å²) in [5, 5.41) is 18.8. The summed E-state index contributed by atoms with van der Waals surface area (Å²) in [6.45, 7) is 1.52. The van der Waals surface area contributed by atoms with Gasteiger partial charge in [0.1, 0.15) is 6.10 Å². The molecule has 1 aromatic rings. The normalized spacial score (nSPS) is 28.5. The molecule has 7 heteroatoms. The molecule has 17 heavy (non-hydrogen) atoms. The Morgan fingerprint density at radius 3 is 2.88 bits per heavy atom. The van der Waals surface area contributed by atoms with E-state index in [9.17, 15) is 14.7 Å². The van der Waals surface area contributed by atoms with Gasteiger partial charge in [-0.3, -0.25) is 14.3 Å². The van der Waals surface area contributed by atoms with E-state index >= 15 is 0 Å². The van der Waals surface area contributed by atoms with Crippen LogP contribution >= 0.6 is 0 Å². The van der Waals surface area contributed by atoms with Gasteiger partial charge in [0.05, 0.1) is 13.2 Å². The number of H-pyrrole nitrogens is 1. The fourth-order valence-corrected chi connectivity index (χ4v) is 1.83. The Morgan fingerprint density at radius 1 is 1.59 bits per heavy atom. The molecule has 1 aromatic heterocycles. The van der Waals surface area contributed by atoms with Gasteiger partial charge in [-0.1, -0.05) is 0 Å². The highest BCUT2D eigenvalue weighted by molar-refractivity contribution is 5.02. The predicted octanol–water partition coefficient (Wildman–Crippen LogP) is -1.66. The summed E-state index contributed by atoms with van der Waals surface area (Å²) in [6.07, 6.45) is -0.493. The largest absolute Gasteiger partial charge is 0.396 e. The van der Waals surface area contributed by atoms with Crippen molar-refractivity contribution in [2.75, 3.05) is 13.2 Å². The van der Waals surface area contributed by atoms with Crippen LogP contribution in [-0.2, 0) is 4.74 Å². The Hall–Kier alpha value is -1.44. The monoisotopic (exact) mass is 242 g/mol. The van der Waals surface area contributed by atoms with E-state index in [4.69, 9.17) is 9.84 Å². The van der Waals surface area contributed by atoms with Crippen LogP contribution in [0.2, 0.25) is 0 Å². The highest BCUT2D eigenvalue weighted by atomic mass is 16.5. The topological polar surface area (TPSA) is 105 Å². The maximum atomic E-state index is 11.6. The van der Waals surface area contributed by atoms with E-state index in [1.54, 1.807) is 6.92 Å². The van der Waals surface area contributed by atoms with Gasteiger partial charge in [-0.2, -0.15) is 0 Å². The third kappa shape index (κ3) is 2.04. The summed E-state index contributed by atoms with van der Waals surface area (Å²) < 4.78 is 6.40. The summed E-state index contributed by atoms with van der Waals surface area (Å²) in [5.41, 5.74) is -0.742. The summed E-state index contributed by atoms with van der Waals surface area (Å²) in [7, 11) is 0. The molecule has 3 atom stereocenters. The van der Waals surface area contributed by atoms with Crippen molar-refractivity contribution >= 4 is 0 Å². The Labute approximate surface area is 96.3 Å². The highest BCUT2D eigenvalue weighted by Gasteiger charge is 2.37. The van der Waals surface area contributed by atoms with E-state index in [1.165, 1.54) is 6.20 Å². The molecule has 0 saturated carbocycles. The lowest BCUT2D eigenvalue weighted by atomic mass is 10.1. The predicted molar refractivity (Wildman–Crippen MR) is 57.6 cm³/mol. The first kappa shape index (κ1) is 12.0. The molecule has 2 heterocycles. The lowest BCUT2D eigenvalue weighted by Gasteiger charge is -2.18. The lowest BCUT2D eigenvalue weighted by molar-refractivity contribution is -0.0163. The quantitative estimate of drug-likeness (QED) is 0.576. The van der Waals surface area contributed by atoms with Crippen molar-refractivity contribution in [1.29, 1.82) is 0 Å². The number of rotatable bonds is 2. The van der Waals surface area contributed by atoms with Crippen molar-refractivity contribution in [3.8, 4) is 0 Å². The van der Waals surface area contributed by atoms with Crippen LogP contribution in [0.25, 0.3) is 0 Å². The van der Waals surface area contributed by atoms with Crippen molar-refractivity contribution in [1.82, 2.24) is 9.55 Å². The molecule has 1 fully saturated rings. The Balaban J connectivity index is 2.39. The average molecular weight is 242 g/mol. The van der Waals surface area contributed by atoms with Crippen LogP contribution in [0.1, 0.15) is 11.8 Å². The molecule has 3 N–H and O–H groups in total. The number of ether oxygens (including phenoxy) is 1. The van der Waals surface area contributed by atoms with Crippen LogP contribution in [0.15, 0.2) is 15.8 Å². The summed E-state index contributed by atoms with van der Waals surface area (Å²) in [5.74, 6) is -0.417. The molecule has 0 spiro atoms. The van der Waals surface area contributed by atoms with E-state index in [0.717, 1.165) is 4.57 Å². The van der Waals surface area contributed by atoms with Crippen molar-refractivity contribution < 1.29 is 14.9 Å². The minimum absolute atomic E-state index is 0.174. The molecule has 0 bridgehead atoms. The van der Waals surface area contributed by atoms with Gasteiger partial charge in [0.15, 0.2) is 6.23 Å². The fraction of sp³-hybridized carbons (Fsp3) is 0.600. The van der Waals surface area contributed by atoms with E-state index in [-0.39, 0.29) is 13.2 Å². The molecular weight excluding hydrogens is 228 g/mol. The standard InChI is InChI=1S/C10H14N2O5/c1-5-2-12(10(16)11-8(5)15)9-7(14)6(3-13)4-17-9/h2,6-7,9,13-14H,3-4H2,1H3,(H,11,15,16)/t6-,7-,9-/m1/s1. The Kier molecular flexibility index (Phi) is 3.14. The van der Waals surface area contributed by atoms with Crippen molar-refractivity contribution in [2.24, 2.45) is 5.92 Å². The number of aliphatic hydroxyl groups is 2. The number of hydrogen-bond acceptors (Lipinski definition) is 5. The minimum atomic E-state index is -0.969. The number of nitrogens with one attached hydrogen (secondary N) is 1. The fourth-order valence-electron chi connectivity index (χ4n) is 1.83. The number of nitrogens with zero attached hydrogens (tertiary/aromatic N) is 1. The Bertz CT molecular complexity index is 520. The van der Waals surface area contributed by atoms with Crippen LogP contribution in [0.4, 0.5) is 0 Å². The molecule has 0 amide bonds. The molecule has 0 radical (unpaired) electrons. The van der Waals surface area contributed by atoms with Gasteiger partial charge < -0.3 is 14.9 Å². The molecule has 0 unspecified atom stereocenters. The molecule has 2 rings (SSSR count). The van der Waals surface area contributed by atoms with Crippen molar-refractivity contribution in [3.63, 3.8) is 0 Å². The molecule has 0 aromatic carbocycles. The van der Waals surface area contributed by atoms with Crippen molar-refractivity contribution in [3.05, 3.63) is 32.6 Å². The van der Waals surface area contributed by atoms with Crippen LogP contribution in [-0.4, -0.2) is 39.1 Å². The summed E-state index contributed by atoms with van der Waals surface area (Å²) >= 11 is 0. The number of aliphatic hydroxyl groups excluding tert-OH is 2. The maximum Gasteiger partial charge on any atom is 0.330 e. The second kappa shape index (κ2) is 4.44. The van der Waals surface area contributed by atoms with E-state index < -0.39 is 29.5 Å². The second-order valence-corrected chi connectivity index (χ2v) is 4.14. The molecule has 1 aliphatic heterocycles. The second-order valence-electron chi connectivity index (χ2n) is 4.14. The minimum Gasteiger partial charge on any atom is -0.396 e. The number of aromatic amines is 1. The maximum absolute atomic E-state index is 11.6. The van der Waals surface area contributed by atoms with Gasteiger partial charge >= 0.3 is 5.69 Å². The zero-order valence-electron chi connectivity index (χ0n) is 9.29.